The van der Waals surface area contributed by atoms with Crippen LogP contribution in [0.4, 0.5) is 0 Å². The van der Waals surface area contributed by atoms with Gasteiger partial charge in [-0.25, -0.2) is 0 Å². The van der Waals surface area contributed by atoms with Crippen molar-refractivity contribution in [2.45, 2.75) is 26.3 Å². The Morgan fingerprint density at radius 1 is 1.32 bits per heavy atom. The van der Waals surface area contributed by atoms with Gasteiger partial charge in [0, 0.05) is 31.9 Å². The summed E-state index contributed by atoms with van der Waals surface area (Å²) in [5.41, 5.74) is -0.0966. The van der Waals surface area contributed by atoms with Gasteiger partial charge in [-0.2, -0.15) is 0 Å². The lowest BCUT2D eigenvalue weighted by Crippen LogP contribution is -2.40. The maximum atomic E-state index is 12.2. The Morgan fingerprint density at radius 2 is 2.20 bits per heavy atom. The number of nitrogens with zero attached hydrogens (tertiary/aromatic N) is 2. The van der Waals surface area contributed by atoms with Crippen LogP contribution in [0.15, 0.2) is 45.7 Å². The van der Waals surface area contributed by atoms with Crippen molar-refractivity contribution in [2.24, 2.45) is 5.92 Å². The van der Waals surface area contributed by atoms with Crippen molar-refractivity contribution < 1.29 is 9.21 Å². The first-order valence-corrected chi connectivity index (χ1v) is 8.86. The van der Waals surface area contributed by atoms with Crippen LogP contribution in [0.3, 0.4) is 0 Å². The van der Waals surface area contributed by atoms with Gasteiger partial charge < -0.3 is 19.2 Å². The third kappa shape index (κ3) is 4.82. The molecule has 1 atom stereocenters. The predicted octanol–water partition coefficient (Wildman–Crippen LogP) is 1.95. The third-order valence-corrected chi connectivity index (χ3v) is 4.57. The summed E-state index contributed by atoms with van der Waals surface area (Å²) in [6.07, 6.45) is 4.22. The summed E-state index contributed by atoms with van der Waals surface area (Å²) in [6.45, 7) is 6.28. The molecule has 0 saturated carbocycles. The predicted molar refractivity (Wildman–Crippen MR) is 95.7 cm³/mol. The number of carbonyl (C=O) groups is 1. The van der Waals surface area contributed by atoms with E-state index in [1.807, 2.05) is 0 Å². The van der Waals surface area contributed by atoms with E-state index in [4.69, 9.17) is 4.42 Å². The van der Waals surface area contributed by atoms with Gasteiger partial charge in [-0.3, -0.25) is 9.59 Å². The van der Waals surface area contributed by atoms with Crippen LogP contribution in [0.25, 0.3) is 0 Å². The summed E-state index contributed by atoms with van der Waals surface area (Å²) in [5.74, 6) is 1.39. The summed E-state index contributed by atoms with van der Waals surface area (Å²) in [4.78, 5) is 26.3. The molecular weight excluding hydrogens is 318 g/mol. The van der Waals surface area contributed by atoms with Crippen LogP contribution < -0.4 is 10.9 Å². The van der Waals surface area contributed by atoms with Gasteiger partial charge in [0.2, 0.25) is 0 Å². The molecule has 0 aliphatic carbocycles. The van der Waals surface area contributed by atoms with Gasteiger partial charge in [-0.1, -0.05) is 13.0 Å². The van der Waals surface area contributed by atoms with E-state index < -0.39 is 0 Å². The number of nitrogens with one attached hydrogen (secondary N) is 1. The number of amides is 1. The highest BCUT2D eigenvalue weighted by atomic mass is 16.4. The molecule has 0 bridgehead atoms. The maximum Gasteiger partial charge on any atom is 0.287 e. The molecule has 1 aliphatic rings. The summed E-state index contributed by atoms with van der Waals surface area (Å²) >= 11 is 0. The van der Waals surface area contributed by atoms with Crippen LogP contribution in [0.5, 0.6) is 0 Å². The SMILES string of the molecule is CC1CCCN(CCNC(=O)c2ccc(Cn3ccccc3=O)o2)C1. The molecule has 3 heterocycles. The lowest BCUT2D eigenvalue weighted by Gasteiger charge is -2.30. The zero-order chi connectivity index (χ0) is 17.6. The zero-order valence-corrected chi connectivity index (χ0v) is 14.6. The smallest absolute Gasteiger partial charge is 0.287 e. The third-order valence-electron chi connectivity index (χ3n) is 4.57. The Bertz CT molecular complexity index is 765. The fourth-order valence-corrected chi connectivity index (χ4v) is 3.25. The van der Waals surface area contributed by atoms with Gasteiger partial charge >= 0.3 is 0 Å². The van der Waals surface area contributed by atoms with Crippen LogP contribution in [0, 0.1) is 5.92 Å². The lowest BCUT2D eigenvalue weighted by atomic mass is 10.0. The molecule has 0 spiro atoms. The summed E-state index contributed by atoms with van der Waals surface area (Å²) in [6, 6.07) is 8.38. The fraction of sp³-hybridized carbons (Fsp3) is 0.474. The maximum absolute atomic E-state index is 12.2. The molecule has 2 aromatic rings. The van der Waals surface area contributed by atoms with Crippen LogP contribution in [0.2, 0.25) is 0 Å². The number of hydrogen-bond acceptors (Lipinski definition) is 4. The Labute approximate surface area is 147 Å². The second-order valence-corrected chi connectivity index (χ2v) is 6.74. The van der Waals surface area contributed by atoms with Crippen molar-refractivity contribution >= 4 is 5.91 Å². The number of hydrogen-bond donors (Lipinski definition) is 1. The quantitative estimate of drug-likeness (QED) is 0.870. The number of carbonyl (C=O) groups excluding carboxylic acids is 1. The van der Waals surface area contributed by atoms with Crippen molar-refractivity contribution in [3.63, 3.8) is 0 Å². The molecule has 1 unspecified atom stereocenters. The normalized spacial score (nSPS) is 18.2. The largest absolute Gasteiger partial charge is 0.454 e. The number of aromatic nitrogens is 1. The first-order chi connectivity index (χ1) is 12.1. The van der Waals surface area contributed by atoms with Gasteiger partial charge in [0.25, 0.3) is 11.5 Å². The van der Waals surface area contributed by atoms with E-state index in [0.29, 0.717) is 18.8 Å². The van der Waals surface area contributed by atoms with E-state index in [2.05, 4.69) is 17.1 Å². The molecule has 1 aliphatic heterocycles. The van der Waals surface area contributed by atoms with Crippen LogP contribution in [-0.4, -0.2) is 41.6 Å². The molecular formula is C19H25N3O3. The number of furan rings is 1. The molecule has 134 valence electrons. The van der Waals surface area contributed by atoms with Crippen molar-refractivity contribution in [3.05, 3.63) is 58.4 Å². The minimum absolute atomic E-state index is 0.0966. The van der Waals surface area contributed by atoms with E-state index in [1.54, 1.807) is 30.5 Å². The van der Waals surface area contributed by atoms with Crippen LogP contribution >= 0.6 is 0 Å². The van der Waals surface area contributed by atoms with Crippen molar-refractivity contribution in [1.29, 1.82) is 0 Å². The number of likely N-dealkylation sites (tertiary alicyclic amines) is 1. The second-order valence-electron chi connectivity index (χ2n) is 6.74. The Morgan fingerprint density at radius 3 is 3.00 bits per heavy atom. The van der Waals surface area contributed by atoms with E-state index >= 15 is 0 Å². The first kappa shape index (κ1) is 17.5. The summed E-state index contributed by atoms with van der Waals surface area (Å²) in [7, 11) is 0. The highest BCUT2D eigenvalue weighted by Crippen LogP contribution is 2.14. The van der Waals surface area contributed by atoms with Crippen LogP contribution in [0.1, 0.15) is 36.1 Å². The summed E-state index contributed by atoms with van der Waals surface area (Å²) in [5, 5.41) is 2.91. The Balaban J connectivity index is 1.49. The molecule has 1 fully saturated rings. The van der Waals surface area contributed by atoms with Gasteiger partial charge in [-0.15, -0.1) is 0 Å². The summed E-state index contributed by atoms with van der Waals surface area (Å²) < 4.78 is 7.12. The molecule has 0 aromatic carbocycles. The van der Waals surface area contributed by atoms with Gasteiger partial charge in [0.1, 0.15) is 5.76 Å². The van der Waals surface area contributed by atoms with E-state index in [1.165, 1.54) is 23.5 Å². The number of pyridine rings is 1. The van der Waals surface area contributed by atoms with E-state index in [-0.39, 0.29) is 17.2 Å². The van der Waals surface area contributed by atoms with Gasteiger partial charge in [0.15, 0.2) is 5.76 Å². The average Bonchev–Trinajstić information content (AvgIpc) is 3.06. The van der Waals surface area contributed by atoms with Gasteiger partial charge in [-0.05, 0) is 43.5 Å². The number of piperidine rings is 1. The monoisotopic (exact) mass is 343 g/mol. The minimum Gasteiger partial charge on any atom is -0.454 e. The Kier molecular flexibility index (Phi) is 5.71. The molecule has 2 aromatic heterocycles. The molecule has 1 amide bonds. The average molecular weight is 343 g/mol. The molecule has 1 N–H and O–H groups in total. The minimum atomic E-state index is -0.211. The Hall–Kier alpha value is -2.34. The fourth-order valence-electron chi connectivity index (χ4n) is 3.25. The topological polar surface area (TPSA) is 67.5 Å². The van der Waals surface area contributed by atoms with Crippen molar-refractivity contribution in [3.8, 4) is 0 Å². The molecule has 25 heavy (non-hydrogen) atoms. The van der Waals surface area contributed by atoms with Crippen molar-refractivity contribution in [2.75, 3.05) is 26.2 Å². The highest BCUT2D eigenvalue weighted by molar-refractivity contribution is 5.91. The van der Waals surface area contributed by atoms with Gasteiger partial charge in [0.05, 0.1) is 6.54 Å². The molecule has 6 heteroatoms. The molecule has 0 radical (unpaired) electrons. The molecule has 1 saturated heterocycles. The van der Waals surface area contributed by atoms with Crippen molar-refractivity contribution in [1.82, 2.24) is 14.8 Å². The van der Waals surface area contributed by atoms with Crippen LogP contribution in [-0.2, 0) is 6.54 Å². The second kappa shape index (κ2) is 8.16. The number of rotatable bonds is 6. The van der Waals surface area contributed by atoms with E-state index in [0.717, 1.165) is 25.6 Å². The first-order valence-electron chi connectivity index (χ1n) is 8.86. The molecule has 6 nitrogen and oxygen atoms in total. The zero-order valence-electron chi connectivity index (χ0n) is 14.6. The highest BCUT2D eigenvalue weighted by Gasteiger charge is 2.16. The standard InChI is InChI=1S/C19H25N3O3/c1-15-5-4-10-21(13-15)12-9-20-19(24)17-8-7-16(25-17)14-22-11-3-2-6-18(22)23/h2-3,6-8,11,15H,4-5,9-10,12-14H2,1H3,(H,20,24). The lowest BCUT2D eigenvalue weighted by molar-refractivity contribution is 0.0914. The van der Waals surface area contributed by atoms with E-state index in [9.17, 15) is 9.59 Å². The molecule has 3 rings (SSSR count).